The molecule has 3 atom stereocenters. The summed E-state index contributed by atoms with van der Waals surface area (Å²) >= 11 is 4.86. The minimum atomic E-state index is -0.779. The topological polar surface area (TPSA) is 97.0 Å². The summed E-state index contributed by atoms with van der Waals surface area (Å²) in [7, 11) is 0. The van der Waals surface area contributed by atoms with E-state index in [-0.39, 0.29) is 0 Å². The number of nitrogens with zero attached hydrogens (tertiary/aromatic N) is 2. The number of hydrogen-bond acceptors (Lipinski definition) is 3. The molecule has 0 aromatic heterocycles. The number of aliphatic hydroxyl groups is 1. The molecule has 3 unspecified atom stereocenters. The molecule has 0 radical (unpaired) electrons. The lowest BCUT2D eigenvalue weighted by Gasteiger charge is -2.05. The summed E-state index contributed by atoms with van der Waals surface area (Å²) in [5.41, 5.74) is 12.1. The predicted molar refractivity (Wildman–Crippen MR) is 118 cm³/mol. The van der Waals surface area contributed by atoms with Crippen LogP contribution >= 0.6 is 45.2 Å². The standard InChI is InChI=1S/C16H30I2N4O/c1-12(17)6-3-4-7-14(10-9-13(2)18)22-16(20)21-11-5-8-15(19)23/h4,7,12-13,15,23H,3,5-6,8-11,19H2,1-2H3,(H2,20,21)/b7-4+,22-14?. The highest BCUT2D eigenvalue weighted by molar-refractivity contribution is 14.1. The van der Waals surface area contributed by atoms with Gasteiger partial charge in [-0.3, -0.25) is 4.99 Å². The number of hydrogen-bond donors (Lipinski definition) is 3. The third-order valence-electron chi connectivity index (χ3n) is 3.03. The van der Waals surface area contributed by atoms with Crippen molar-refractivity contribution in [2.24, 2.45) is 21.5 Å². The maximum absolute atomic E-state index is 9.00. The molecule has 0 saturated heterocycles. The van der Waals surface area contributed by atoms with E-state index in [9.17, 15) is 0 Å². The van der Waals surface area contributed by atoms with E-state index < -0.39 is 6.23 Å². The molecule has 134 valence electrons. The quantitative estimate of drug-likeness (QED) is 0.0921. The maximum atomic E-state index is 9.00. The Morgan fingerprint density at radius 2 is 1.83 bits per heavy atom. The van der Waals surface area contributed by atoms with Crippen molar-refractivity contribution >= 4 is 56.9 Å². The molecule has 5 N–H and O–H groups in total. The van der Waals surface area contributed by atoms with Crippen molar-refractivity contribution in [1.82, 2.24) is 0 Å². The first kappa shape index (κ1) is 23.3. The molecule has 0 aromatic rings. The van der Waals surface area contributed by atoms with Gasteiger partial charge in [0, 0.05) is 20.1 Å². The Labute approximate surface area is 167 Å². The van der Waals surface area contributed by atoms with Gasteiger partial charge in [0.2, 0.25) is 5.96 Å². The van der Waals surface area contributed by atoms with Crippen LogP contribution in [0.1, 0.15) is 52.4 Å². The number of aliphatic imine (C=N–C) groups is 2. The fourth-order valence-electron chi connectivity index (χ4n) is 1.75. The number of rotatable bonds is 11. The third kappa shape index (κ3) is 16.9. The van der Waals surface area contributed by atoms with Crippen molar-refractivity contribution in [3.8, 4) is 0 Å². The van der Waals surface area contributed by atoms with Gasteiger partial charge in [-0.1, -0.05) is 65.1 Å². The summed E-state index contributed by atoms with van der Waals surface area (Å²) in [5.74, 6) is 0.305. The fourth-order valence-corrected chi connectivity index (χ4v) is 2.42. The van der Waals surface area contributed by atoms with E-state index in [0.717, 1.165) is 31.4 Å². The van der Waals surface area contributed by atoms with E-state index >= 15 is 0 Å². The average Bonchev–Trinajstić information content (AvgIpc) is 2.44. The van der Waals surface area contributed by atoms with Crippen LogP contribution in [0, 0.1) is 0 Å². The van der Waals surface area contributed by atoms with E-state index in [4.69, 9.17) is 16.6 Å². The Balaban J connectivity index is 4.58. The molecule has 0 saturated carbocycles. The van der Waals surface area contributed by atoms with E-state index in [2.05, 4.69) is 81.2 Å². The normalized spacial score (nSPS) is 17.5. The van der Waals surface area contributed by atoms with Crippen LogP contribution in [0.15, 0.2) is 22.1 Å². The summed E-state index contributed by atoms with van der Waals surface area (Å²) < 4.78 is 1.28. The second kappa shape index (κ2) is 14.6. The van der Waals surface area contributed by atoms with Crippen LogP contribution in [0.5, 0.6) is 0 Å². The van der Waals surface area contributed by atoms with Gasteiger partial charge in [0.05, 0.1) is 0 Å². The molecule has 0 rings (SSSR count). The number of nitrogens with two attached hydrogens (primary N) is 2. The van der Waals surface area contributed by atoms with Gasteiger partial charge in [0.25, 0.3) is 0 Å². The summed E-state index contributed by atoms with van der Waals surface area (Å²) in [6.07, 6.45) is 8.88. The second-order valence-electron chi connectivity index (χ2n) is 5.63. The summed E-state index contributed by atoms with van der Waals surface area (Å²) in [6.45, 7) is 4.94. The lowest BCUT2D eigenvalue weighted by atomic mass is 10.1. The molecular formula is C16H30I2N4O. The lowest BCUT2D eigenvalue weighted by molar-refractivity contribution is 0.170. The van der Waals surface area contributed by atoms with Crippen LogP contribution in [0.4, 0.5) is 0 Å². The molecule has 0 heterocycles. The minimum Gasteiger partial charge on any atom is -0.379 e. The van der Waals surface area contributed by atoms with Crippen LogP contribution in [-0.2, 0) is 0 Å². The van der Waals surface area contributed by atoms with Gasteiger partial charge >= 0.3 is 0 Å². The predicted octanol–water partition coefficient (Wildman–Crippen LogP) is 3.56. The van der Waals surface area contributed by atoms with Crippen LogP contribution in [0.3, 0.4) is 0 Å². The lowest BCUT2D eigenvalue weighted by Crippen LogP contribution is -2.19. The largest absolute Gasteiger partial charge is 0.379 e. The zero-order valence-corrected chi connectivity index (χ0v) is 18.4. The van der Waals surface area contributed by atoms with Gasteiger partial charge in [-0.25, -0.2) is 4.99 Å². The Kier molecular flexibility index (Phi) is 14.8. The molecule has 0 amide bonds. The molecule has 0 bridgehead atoms. The van der Waals surface area contributed by atoms with Gasteiger partial charge in [0.15, 0.2) is 0 Å². The number of aliphatic hydroxyl groups excluding tert-OH is 1. The highest BCUT2D eigenvalue weighted by Gasteiger charge is 2.02. The van der Waals surface area contributed by atoms with E-state index in [0.29, 0.717) is 33.2 Å². The Morgan fingerprint density at radius 3 is 2.39 bits per heavy atom. The van der Waals surface area contributed by atoms with Gasteiger partial charge in [-0.15, -0.1) is 0 Å². The molecule has 7 heteroatoms. The molecular weight excluding hydrogens is 518 g/mol. The first-order chi connectivity index (χ1) is 10.8. The van der Waals surface area contributed by atoms with Crippen molar-refractivity contribution in [2.45, 2.75) is 66.4 Å². The van der Waals surface area contributed by atoms with Crippen LogP contribution in [0.25, 0.3) is 0 Å². The maximum Gasteiger partial charge on any atom is 0.215 e. The van der Waals surface area contributed by atoms with Crippen molar-refractivity contribution in [3.63, 3.8) is 0 Å². The molecule has 0 spiro atoms. The number of guanidine groups is 1. The van der Waals surface area contributed by atoms with Crippen molar-refractivity contribution < 1.29 is 5.11 Å². The fraction of sp³-hybridized carbons (Fsp3) is 0.750. The molecule has 0 aliphatic rings. The summed E-state index contributed by atoms with van der Waals surface area (Å²) in [6, 6.07) is 0. The Morgan fingerprint density at radius 1 is 1.17 bits per heavy atom. The second-order valence-corrected chi connectivity index (χ2v) is 9.89. The molecule has 23 heavy (non-hydrogen) atoms. The minimum absolute atomic E-state index is 0.305. The van der Waals surface area contributed by atoms with Gasteiger partial charge < -0.3 is 16.6 Å². The number of alkyl halides is 2. The molecule has 0 aliphatic heterocycles. The highest BCUT2D eigenvalue weighted by atomic mass is 127. The number of allylic oxidation sites excluding steroid dienone is 2. The first-order valence-corrected chi connectivity index (χ1v) is 10.6. The zero-order chi connectivity index (χ0) is 17.7. The third-order valence-corrected chi connectivity index (χ3v) is 4.28. The van der Waals surface area contributed by atoms with Crippen LogP contribution < -0.4 is 11.5 Å². The van der Waals surface area contributed by atoms with Crippen molar-refractivity contribution in [3.05, 3.63) is 12.2 Å². The number of halogens is 2. The smallest absolute Gasteiger partial charge is 0.215 e. The highest BCUT2D eigenvalue weighted by Crippen LogP contribution is 2.10. The van der Waals surface area contributed by atoms with Gasteiger partial charge in [0.1, 0.15) is 6.23 Å². The van der Waals surface area contributed by atoms with Crippen LogP contribution in [0.2, 0.25) is 0 Å². The molecule has 0 aromatic carbocycles. The van der Waals surface area contributed by atoms with E-state index in [1.54, 1.807) is 0 Å². The van der Waals surface area contributed by atoms with E-state index in [1.165, 1.54) is 0 Å². The Bertz CT molecular complexity index is 394. The SMILES string of the molecule is CC(I)CC/C=C/C(CCC(C)I)=NC(N)=NCCCC(N)O. The zero-order valence-electron chi connectivity index (χ0n) is 14.1. The van der Waals surface area contributed by atoms with Gasteiger partial charge in [-0.2, -0.15) is 0 Å². The molecule has 0 fully saturated rings. The van der Waals surface area contributed by atoms with Gasteiger partial charge in [-0.05, 0) is 44.6 Å². The average molecular weight is 548 g/mol. The summed E-state index contributed by atoms with van der Waals surface area (Å²) in [5, 5.41) is 9.00. The Hall–Kier alpha value is 0.260. The van der Waals surface area contributed by atoms with Crippen molar-refractivity contribution in [2.75, 3.05) is 6.54 Å². The van der Waals surface area contributed by atoms with Crippen LogP contribution in [-0.4, -0.2) is 37.4 Å². The first-order valence-electron chi connectivity index (χ1n) is 8.07. The molecule has 0 aliphatic carbocycles. The van der Waals surface area contributed by atoms with Crippen molar-refractivity contribution in [1.29, 1.82) is 0 Å². The monoisotopic (exact) mass is 548 g/mol. The summed E-state index contributed by atoms with van der Waals surface area (Å²) in [4.78, 5) is 8.66. The molecule has 5 nitrogen and oxygen atoms in total. The van der Waals surface area contributed by atoms with E-state index in [1.807, 2.05) is 0 Å².